The molecule has 0 aliphatic heterocycles. The fourth-order valence-corrected chi connectivity index (χ4v) is 2.30. The summed E-state index contributed by atoms with van der Waals surface area (Å²) in [5.74, 6) is 1.08. The Morgan fingerprint density at radius 1 is 1.00 bits per heavy atom. The lowest BCUT2D eigenvalue weighted by Gasteiger charge is -2.02. The Kier molecular flexibility index (Phi) is 3.83. The molecule has 0 unspecified atom stereocenters. The minimum atomic E-state index is 0.818. The predicted molar refractivity (Wildman–Crippen MR) is 69.5 cm³/mol. The number of nitrogen functional groups attached to an aromatic ring is 1. The molecule has 0 fully saturated rings. The van der Waals surface area contributed by atoms with Gasteiger partial charge in [0.1, 0.15) is 0 Å². The lowest BCUT2D eigenvalue weighted by molar-refractivity contribution is 1.13. The van der Waals surface area contributed by atoms with Crippen molar-refractivity contribution in [3.63, 3.8) is 0 Å². The van der Waals surface area contributed by atoms with Gasteiger partial charge in [-0.05, 0) is 48.4 Å². The van der Waals surface area contributed by atoms with Crippen molar-refractivity contribution in [3.8, 4) is 0 Å². The van der Waals surface area contributed by atoms with E-state index in [1.54, 1.807) is 0 Å². The van der Waals surface area contributed by atoms with Crippen LogP contribution < -0.4 is 5.73 Å². The van der Waals surface area contributed by atoms with Crippen LogP contribution in [-0.2, 0) is 6.42 Å². The van der Waals surface area contributed by atoms with E-state index in [4.69, 9.17) is 5.73 Å². The van der Waals surface area contributed by atoms with E-state index in [1.807, 2.05) is 36.3 Å². The summed E-state index contributed by atoms with van der Waals surface area (Å²) in [4.78, 5) is 5.27. The average Bonchev–Trinajstić information content (AvgIpc) is 2.33. The molecular formula is C13H14N2S. The summed E-state index contributed by atoms with van der Waals surface area (Å²) < 4.78 is 0. The van der Waals surface area contributed by atoms with Crippen LogP contribution in [0.4, 0.5) is 5.69 Å². The highest BCUT2D eigenvalue weighted by Gasteiger charge is 1.95. The van der Waals surface area contributed by atoms with E-state index < -0.39 is 0 Å². The second-order valence-corrected chi connectivity index (χ2v) is 4.69. The van der Waals surface area contributed by atoms with Gasteiger partial charge in [-0.15, -0.1) is 11.8 Å². The maximum Gasteiger partial charge on any atom is 0.0314 e. The molecule has 82 valence electrons. The van der Waals surface area contributed by atoms with E-state index in [2.05, 4.69) is 29.2 Å². The zero-order valence-corrected chi connectivity index (χ0v) is 9.78. The minimum absolute atomic E-state index is 0.818. The number of nitrogens with zero attached hydrogens (tertiary/aromatic N) is 1. The molecule has 1 heterocycles. The van der Waals surface area contributed by atoms with Crippen LogP contribution in [0, 0.1) is 0 Å². The van der Waals surface area contributed by atoms with Crippen LogP contribution in [0.25, 0.3) is 0 Å². The van der Waals surface area contributed by atoms with E-state index in [-0.39, 0.29) is 0 Å². The van der Waals surface area contributed by atoms with E-state index >= 15 is 0 Å². The monoisotopic (exact) mass is 230 g/mol. The van der Waals surface area contributed by atoms with Crippen LogP contribution in [0.1, 0.15) is 5.56 Å². The molecule has 0 bridgehead atoms. The molecule has 0 spiro atoms. The van der Waals surface area contributed by atoms with Gasteiger partial charge in [0.25, 0.3) is 0 Å². The zero-order valence-electron chi connectivity index (χ0n) is 8.97. The quantitative estimate of drug-likeness (QED) is 0.648. The Bertz CT molecular complexity index is 425. The first-order valence-electron chi connectivity index (χ1n) is 5.22. The molecule has 2 nitrogen and oxygen atoms in total. The van der Waals surface area contributed by atoms with Gasteiger partial charge in [0.05, 0.1) is 0 Å². The third-order valence-corrected chi connectivity index (χ3v) is 3.30. The van der Waals surface area contributed by atoms with Crippen LogP contribution in [0.15, 0.2) is 53.7 Å². The molecule has 0 aliphatic carbocycles. The first-order valence-corrected chi connectivity index (χ1v) is 6.20. The highest BCUT2D eigenvalue weighted by Crippen LogP contribution is 2.20. The Balaban J connectivity index is 1.82. The number of hydrogen-bond donors (Lipinski definition) is 1. The van der Waals surface area contributed by atoms with Gasteiger partial charge < -0.3 is 5.73 Å². The van der Waals surface area contributed by atoms with Crippen LogP contribution in [0.5, 0.6) is 0 Å². The highest BCUT2D eigenvalue weighted by atomic mass is 32.2. The van der Waals surface area contributed by atoms with Crippen LogP contribution in [0.3, 0.4) is 0 Å². The number of thioether (sulfide) groups is 1. The van der Waals surface area contributed by atoms with Gasteiger partial charge in [-0.2, -0.15) is 0 Å². The number of rotatable bonds is 4. The number of hydrogen-bond acceptors (Lipinski definition) is 3. The topological polar surface area (TPSA) is 38.9 Å². The Hall–Kier alpha value is -1.48. The number of aromatic nitrogens is 1. The summed E-state index contributed by atoms with van der Waals surface area (Å²) in [6, 6.07) is 12.1. The Labute approximate surface area is 99.9 Å². The lowest BCUT2D eigenvalue weighted by atomic mass is 10.2. The number of nitrogens with two attached hydrogens (primary N) is 1. The summed E-state index contributed by atoms with van der Waals surface area (Å²) >= 11 is 1.85. The van der Waals surface area contributed by atoms with Crippen molar-refractivity contribution in [2.24, 2.45) is 0 Å². The summed E-state index contributed by atoms with van der Waals surface area (Å²) in [7, 11) is 0. The standard InChI is InChI=1S/C13H14N2S/c14-12-1-3-13(4-2-12)16-10-7-11-5-8-15-9-6-11/h1-6,8-9H,7,10,14H2. The summed E-state index contributed by atoms with van der Waals surface area (Å²) in [6.45, 7) is 0. The van der Waals surface area contributed by atoms with Crippen molar-refractivity contribution in [1.82, 2.24) is 4.98 Å². The van der Waals surface area contributed by atoms with Crippen LogP contribution in [0.2, 0.25) is 0 Å². The molecule has 1 aromatic heterocycles. The first-order chi connectivity index (χ1) is 7.84. The van der Waals surface area contributed by atoms with Crippen molar-refractivity contribution < 1.29 is 0 Å². The molecule has 2 rings (SSSR count). The largest absolute Gasteiger partial charge is 0.399 e. The Morgan fingerprint density at radius 2 is 1.69 bits per heavy atom. The number of pyridine rings is 1. The number of aryl methyl sites for hydroxylation is 1. The smallest absolute Gasteiger partial charge is 0.0314 e. The summed E-state index contributed by atoms with van der Waals surface area (Å²) in [5, 5.41) is 0. The van der Waals surface area contributed by atoms with E-state index in [0.717, 1.165) is 17.9 Å². The number of anilines is 1. The first kappa shape index (κ1) is 11.0. The van der Waals surface area contributed by atoms with Gasteiger partial charge in [0.15, 0.2) is 0 Å². The maximum atomic E-state index is 5.63. The van der Waals surface area contributed by atoms with E-state index in [1.165, 1.54) is 10.5 Å². The fourth-order valence-electron chi connectivity index (χ4n) is 1.40. The van der Waals surface area contributed by atoms with E-state index in [0.29, 0.717) is 0 Å². The molecule has 0 aliphatic rings. The van der Waals surface area contributed by atoms with Crippen molar-refractivity contribution >= 4 is 17.4 Å². The van der Waals surface area contributed by atoms with Crippen LogP contribution in [-0.4, -0.2) is 10.7 Å². The molecule has 2 N–H and O–H groups in total. The van der Waals surface area contributed by atoms with E-state index in [9.17, 15) is 0 Å². The third kappa shape index (κ3) is 3.28. The van der Waals surface area contributed by atoms with Gasteiger partial charge in [0, 0.05) is 28.7 Å². The summed E-state index contributed by atoms with van der Waals surface area (Å²) in [5.41, 5.74) is 7.78. The van der Waals surface area contributed by atoms with Crippen molar-refractivity contribution in [2.45, 2.75) is 11.3 Å². The second kappa shape index (κ2) is 5.56. The molecule has 0 amide bonds. The molecule has 1 aromatic carbocycles. The third-order valence-electron chi connectivity index (χ3n) is 2.29. The van der Waals surface area contributed by atoms with Gasteiger partial charge in [-0.1, -0.05) is 0 Å². The van der Waals surface area contributed by atoms with Gasteiger partial charge in [0.2, 0.25) is 0 Å². The zero-order chi connectivity index (χ0) is 11.2. The SMILES string of the molecule is Nc1ccc(SCCc2ccncc2)cc1. The number of benzene rings is 1. The van der Waals surface area contributed by atoms with Crippen molar-refractivity contribution in [3.05, 3.63) is 54.4 Å². The normalized spacial score (nSPS) is 10.2. The maximum absolute atomic E-state index is 5.63. The Morgan fingerprint density at radius 3 is 2.38 bits per heavy atom. The molecule has 0 atom stereocenters. The molecule has 3 heteroatoms. The second-order valence-electron chi connectivity index (χ2n) is 3.52. The predicted octanol–water partition coefficient (Wildman–Crippen LogP) is 3.00. The molecule has 2 aromatic rings. The average molecular weight is 230 g/mol. The van der Waals surface area contributed by atoms with Gasteiger partial charge >= 0.3 is 0 Å². The van der Waals surface area contributed by atoms with Gasteiger partial charge in [-0.25, -0.2) is 0 Å². The fraction of sp³-hybridized carbons (Fsp3) is 0.154. The van der Waals surface area contributed by atoms with Crippen LogP contribution >= 0.6 is 11.8 Å². The van der Waals surface area contributed by atoms with Crippen molar-refractivity contribution in [1.29, 1.82) is 0 Å². The van der Waals surface area contributed by atoms with Crippen molar-refractivity contribution in [2.75, 3.05) is 11.5 Å². The molecule has 0 saturated heterocycles. The molecule has 0 saturated carbocycles. The molecule has 16 heavy (non-hydrogen) atoms. The summed E-state index contributed by atoms with van der Waals surface area (Å²) in [6.07, 6.45) is 4.74. The molecular weight excluding hydrogens is 216 g/mol. The molecule has 0 radical (unpaired) electrons. The highest BCUT2D eigenvalue weighted by molar-refractivity contribution is 7.99. The minimum Gasteiger partial charge on any atom is -0.399 e. The lowest BCUT2D eigenvalue weighted by Crippen LogP contribution is -1.89. The van der Waals surface area contributed by atoms with Gasteiger partial charge in [-0.3, -0.25) is 4.98 Å².